The van der Waals surface area contributed by atoms with E-state index in [9.17, 15) is 0 Å². The predicted octanol–water partition coefficient (Wildman–Crippen LogP) is 0.572. The van der Waals surface area contributed by atoms with Crippen molar-refractivity contribution < 1.29 is 0 Å². The van der Waals surface area contributed by atoms with Crippen LogP contribution in [0.4, 0.5) is 0 Å². The summed E-state index contributed by atoms with van der Waals surface area (Å²) in [5.41, 5.74) is 2.81. The molecule has 0 aromatic carbocycles. The van der Waals surface area contributed by atoms with Gasteiger partial charge < -0.3 is 0 Å². The van der Waals surface area contributed by atoms with Gasteiger partial charge in [0.25, 0.3) is 0 Å². The van der Waals surface area contributed by atoms with E-state index >= 15 is 0 Å². The largest absolute Gasteiger partial charge is 0.287 e. The molecule has 0 radical (unpaired) electrons. The van der Waals surface area contributed by atoms with E-state index in [0.717, 1.165) is 5.82 Å². The summed E-state index contributed by atoms with van der Waals surface area (Å²) >= 11 is 0. The van der Waals surface area contributed by atoms with Crippen molar-refractivity contribution in [3.63, 3.8) is 0 Å². The van der Waals surface area contributed by atoms with Crippen LogP contribution < -0.4 is 5.43 Å². The summed E-state index contributed by atoms with van der Waals surface area (Å²) < 4.78 is 0. The summed E-state index contributed by atoms with van der Waals surface area (Å²) in [6.07, 6.45) is 1.60. The lowest BCUT2D eigenvalue weighted by atomic mass is 10.8. The summed E-state index contributed by atoms with van der Waals surface area (Å²) in [5, 5.41) is 1.74. The molecule has 3 heteroatoms. The number of rotatable bonds is 0. The Kier molecular flexibility index (Phi) is 2.06. The lowest BCUT2D eigenvalue weighted by molar-refractivity contribution is 0.398. The van der Waals surface area contributed by atoms with Gasteiger partial charge in [0.15, 0.2) is 0 Å². The van der Waals surface area contributed by atoms with Crippen molar-refractivity contribution in [2.45, 2.75) is 7.43 Å². The average molecular weight is 113 g/mol. The standard InChI is InChI=1S/C4H7N3.CH4/c1-4-5-3-6-7(4)2;/h3H,1H2,2H3,(H,5,6);1H4. The third kappa shape index (κ3) is 0.992. The lowest BCUT2D eigenvalue weighted by Gasteiger charge is -2.07. The fraction of sp³-hybridized carbons (Fsp3) is 0.400. The maximum Gasteiger partial charge on any atom is 0.141 e. The molecule has 0 atom stereocenters. The van der Waals surface area contributed by atoms with E-state index in [2.05, 4.69) is 17.0 Å². The molecule has 0 aromatic rings. The van der Waals surface area contributed by atoms with Crippen molar-refractivity contribution in [1.82, 2.24) is 10.4 Å². The van der Waals surface area contributed by atoms with E-state index in [4.69, 9.17) is 0 Å². The number of hydrazine groups is 1. The van der Waals surface area contributed by atoms with Crippen LogP contribution in [-0.4, -0.2) is 18.4 Å². The third-order valence-corrected chi connectivity index (χ3v) is 0.852. The van der Waals surface area contributed by atoms with Gasteiger partial charge in [-0.3, -0.25) is 10.4 Å². The van der Waals surface area contributed by atoms with E-state index in [1.54, 1.807) is 11.3 Å². The predicted molar refractivity (Wildman–Crippen MR) is 35.3 cm³/mol. The zero-order valence-electron chi connectivity index (χ0n) is 4.18. The highest BCUT2D eigenvalue weighted by Gasteiger charge is 2.00. The highest BCUT2D eigenvalue weighted by Crippen LogP contribution is 1.97. The van der Waals surface area contributed by atoms with Crippen LogP contribution in [0.15, 0.2) is 17.4 Å². The zero-order chi connectivity index (χ0) is 5.28. The second-order valence-electron chi connectivity index (χ2n) is 1.36. The molecule has 0 spiro atoms. The van der Waals surface area contributed by atoms with Gasteiger partial charge in [0.2, 0.25) is 0 Å². The Bertz CT molecular complexity index is 117. The van der Waals surface area contributed by atoms with Gasteiger partial charge in [-0.1, -0.05) is 14.0 Å². The van der Waals surface area contributed by atoms with E-state index < -0.39 is 0 Å². The first-order valence-corrected chi connectivity index (χ1v) is 2.02. The topological polar surface area (TPSA) is 27.6 Å². The SMILES string of the molecule is C.C=C1N=CNN1C. The quantitative estimate of drug-likeness (QED) is 0.497. The summed E-state index contributed by atoms with van der Waals surface area (Å²) in [6, 6.07) is 0. The molecule has 0 aliphatic carbocycles. The summed E-state index contributed by atoms with van der Waals surface area (Å²) in [6.45, 7) is 3.60. The van der Waals surface area contributed by atoms with Gasteiger partial charge in [-0.25, -0.2) is 4.99 Å². The summed E-state index contributed by atoms with van der Waals surface area (Å²) in [5.74, 6) is 0.750. The molecule has 0 saturated carbocycles. The Morgan fingerprint density at radius 1 is 1.88 bits per heavy atom. The zero-order valence-corrected chi connectivity index (χ0v) is 4.18. The molecular weight excluding hydrogens is 102 g/mol. The fourth-order valence-electron chi connectivity index (χ4n) is 0.351. The van der Waals surface area contributed by atoms with Gasteiger partial charge in [-0.15, -0.1) is 0 Å². The molecule has 8 heavy (non-hydrogen) atoms. The van der Waals surface area contributed by atoms with Crippen LogP contribution in [0.2, 0.25) is 0 Å². The number of aliphatic imine (C=N–C) groups is 1. The van der Waals surface area contributed by atoms with E-state index in [1.807, 2.05) is 7.05 Å². The Balaban J connectivity index is 0.000000490. The van der Waals surface area contributed by atoms with Gasteiger partial charge in [-0.05, 0) is 0 Å². The second-order valence-corrected chi connectivity index (χ2v) is 1.36. The van der Waals surface area contributed by atoms with Crippen molar-refractivity contribution in [3.05, 3.63) is 12.4 Å². The molecule has 0 aromatic heterocycles. The van der Waals surface area contributed by atoms with Crippen molar-refractivity contribution in [1.29, 1.82) is 0 Å². The van der Waals surface area contributed by atoms with E-state index in [0.29, 0.717) is 0 Å². The average Bonchev–Trinajstić information content (AvgIpc) is 1.91. The van der Waals surface area contributed by atoms with Crippen LogP contribution in [-0.2, 0) is 0 Å². The van der Waals surface area contributed by atoms with Crippen LogP contribution in [0, 0.1) is 0 Å². The van der Waals surface area contributed by atoms with Crippen LogP contribution in [0.25, 0.3) is 0 Å². The third-order valence-electron chi connectivity index (χ3n) is 0.852. The van der Waals surface area contributed by atoms with Crippen molar-refractivity contribution in [2.75, 3.05) is 7.05 Å². The minimum atomic E-state index is 0. The van der Waals surface area contributed by atoms with Crippen LogP contribution in [0.5, 0.6) is 0 Å². The van der Waals surface area contributed by atoms with Gasteiger partial charge in [0.05, 0.1) is 0 Å². The number of hydrogen-bond acceptors (Lipinski definition) is 3. The van der Waals surface area contributed by atoms with Crippen molar-refractivity contribution >= 4 is 6.34 Å². The molecule has 0 amide bonds. The molecule has 1 N–H and O–H groups in total. The van der Waals surface area contributed by atoms with Gasteiger partial charge in [0.1, 0.15) is 12.2 Å². The molecule has 3 nitrogen and oxygen atoms in total. The first-order chi connectivity index (χ1) is 3.30. The molecule has 0 fully saturated rings. The maximum atomic E-state index is 3.81. The first-order valence-electron chi connectivity index (χ1n) is 2.02. The van der Waals surface area contributed by atoms with Crippen molar-refractivity contribution in [3.8, 4) is 0 Å². The molecule has 1 rings (SSSR count). The highest BCUT2D eigenvalue weighted by atomic mass is 15.6. The van der Waals surface area contributed by atoms with Crippen LogP contribution >= 0.6 is 0 Å². The smallest absolute Gasteiger partial charge is 0.141 e. The molecule has 1 aliphatic heterocycles. The fourth-order valence-corrected chi connectivity index (χ4v) is 0.351. The number of nitrogens with zero attached hydrogens (tertiary/aromatic N) is 2. The Labute approximate surface area is 49.7 Å². The lowest BCUT2D eigenvalue weighted by Crippen LogP contribution is -2.24. The summed E-state index contributed by atoms with van der Waals surface area (Å²) in [4.78, 5) is 3.81. The van der Waals surface area contributed by atoms with Crippen molar-refractivity contribution in [2.24, 2.45) is 4.99 Å². The van der Waals surface area contributed by atoms with E-state index in [-0.39, 0.29) is 7.43 Å². The van der Waals surface area contributed by atoms with E-state index in [1.165, 1.54) is 0 Å². The normalized spacial score (nSPS) is 15.6. The molecule has 1 heterocycles. The van der Waals surface area contributed by atoms with Gasteiger partial charge in [-0.2, -0.15) is 0 Å². The Hall–Kier alpha value is -0.990. The molecule has 46 valence electrons. The Morgan fingerprint density at radius 2 is 2.50 bits per heavy atom. The highest BCUT2D eigenvalue weighted by molar-refractivity contribution is 5.58. The molecule has 1 aliphatic rings. The maximum absolute atomic E-state index is 3.81. The van der Waals surface area contributed by atoms with Gasteiger partial charge in [0, 0.05) is 7.05 Å². The van der Waals surface area contributed by atoms with Crippen LogP contribution in [0.3, 0.4) is 0 Å². The number of hydrogen-bond donors (Lipinski definition) is 1. The second kappa shape index (κ2) is 2.35. The van der Waals surface area contributed by atoms with Gasteiger partial charge >= 0.3 is 0 Å². The summed E-state index contributed by atoms with van der Waals surface area (Å²) in [7, 11) is 1.86. The molecule has 0 unspecified atom stereocenters. The monoisotopic (exact) mass is 113 g/mol. The number of nitrogens with one attached hydrogen (secondary N) is 1. The Morgan fingerprint density at radius 3 is 2.62 bits per heavy atom. The molecule has 0 saturated heterocycles. The molecule has 0 bridgehead atoms. The molecular formula is C5H11N3. The minimum absolute atomic E-state index is 0. The van der Waals surface area contributed by atoms with Crippen LogP contribution in [0.1, 0.15) is 7.43 Å². The minimum Gasteiger partial charge on any atom is -0.287 e. The first kappa shape index (κ1) is 7.01.